The van der Waals surface area contributed by atoms with Gasteiger partial charge in [-0.2, -0.15) is 12.6 Å². The lowest BCUT2D eigenvalue weighted by atomic mass is 10.2. The Morgan fingerprint density at radius 1 is 0.909 bits per heavy atom. The summed E-state index contributed by atoms with van der Waals surface area (Å²) >= 11 is 4.04. The number of thiol groups is 1. The molecular weight excluding hydrogens is 434 g/mol. The van der Waals surface area contributed by atoms with Crippen LogP contribution in [-0.4, -0.2) is 42.3 Å². The highest BCUT2D eigenvalue weighted by Crippen LogP contribution is 2.21. The second kappa shape index (κ2) is 17.2. The van der Waals surface area contributed by atoms with Crippen LogP contribution in [0.15, 0.2) is 59.0 Å². The first-order valence-electron chi connectivity index (χ1n) is 11.7. The summed E-state index contributed by atoms with van der Waals surface area (Å²) in [6.45, 7) is 8.34. The molecule has 1 aromatic heterocycles. The largest absolute Gasteiger partial charge is 0.494 e. The molecule has 180 valence electrons. The standard InChI is InChI=1S/C17H25N3O2.C9H12OS/c1-3-4-11-18-12-5-6-13-21-16-9-7-15(8-10-16)17-20-19-14(2)22-17;11-7-6-10-8-9-4-2-1-3-5-9/h7-10,18H,3-6,11-13H2,1-2H3;1-5,11H,6-8H2. The zero-order valence-corrected chi connectivity index (χ0v) is 20.7. The van der Waals surface area contributed by atoms with Crippen molar-refractivity contribution in [1.29, 1.82) is 0 Å². The summed E-state index contributed by atoms with van der Waals surface area (Å²) in [6, 6.07) is 17.9. The van der Waals surface area contributed by atoms with Gasteiger partial charge in [0.1, 0.15) is 5.75 Å². The van der Waals surface area contributed by atoms with Gasteiger partial charge in [0.15, 0.2) is 0 Å². The summed E-state index contributed by atoms with van der Waals surface area (Å²) in [6.07, 6.45) is 4.70. The van der Waals surface area contributed by atoms with E-state index in [1.165, 1.54) is 18.4 Å². The van der Waals surface area contributed by atoms with Gasteiger partial charge in [0.05, 0.1) is 19.8 Å². The molecule has 7 heteroatoms. The minimum Gasteiger partial charge on any atom is -0.494 e. The second-order valence-corrected chi connectivity index (χ2v) is 8.02. The Morgan fingerprint density at radius 2 is 1.67 bits per heavy atom. The van der Waals surface area contributed by atoms with Gasteiger partial charge in [0.25, 0.3) is 0 Å². The molecule has 0 aliphatic heterocycles. The molecule has 0 saturated carbocycles. The highest BCUT2D eigenvalue weighted by atomic mass is 32.1. The number of hydrogen-bond acceptors (Lipinski definition) is 7. The molecule has 0 spiro atoms. The number of rotatable bonds is 14. The molecular formula is C26H37N3O3S. The van der Waals surface area contributed by atoms with E-state index < -0.39 is 0 Å². The van der Waals surface area contributed by atoms with Crippen LogP contribution >= 0.6 is 12.6 Å². The third-order valence-corrected chi connectivity index (χ3v) is 4.88. The molecule has 2 aromatic carbocycles. The molecule has 0 fully saturated rings. The van der Waals surface area contributed by atoms with Crippen molar-refractivity contribution in [1.82, 2.24) is 15.5 Å². The van der Waals surface area contributed by atoms with Crippen LogP contribution in [-0.2, 0) is 11.3 Å². The maximum absolute atomic E-state index is 5.74. The number of unbranched alkanes of at least 4 members (excludes halogenated alkanes) is 2. The first-order valence-corrected chi connectivity index (χ1v) is 12.3. The summed E-state index contributed by atoms with van der Waals surface area (Å²) in [4.78, 5) is 0. The molecule has 3 rings (SSSR count). The summed E-state index contributed by atoms with van der Waals surface area (Å²) in [5.41, 5.74) is 2.13. The first kappa shape index (κ1) is 26.9. The number of aryl methyl sites for hydroxylation is 1. The summed E-state index contributed by atoms with van der Waals surface area (Å²) in [7, 11) is 0. The van der Waals surface area contributed by atoms with Crippen molar-refractivity contribution in [2.45, 2.75) is 46.1 Å². The minimum atomic E-state index is 0.544. The predicted molar refractivity (Wildman–Crippen MR) is 137 cm³/mol. The van der Waals surface area contributed by atoms with Crippen molar-refractivity contribution in [3.63, 3.8) is 0 Å². The van der Waals surface area contributed by atoms with Crippen molar-refractivity contribution in [3.05, 3.63) is 66.1 Å². The Hall–Kier alpha value is -2.35. The number of ether oxygens (including phenoxy) is 2. The Morgan fingerprint density at radius 3 is 2.33 bits per heavy atom. The van der Waals surface area contributed by atoms with Gasteiger partial charge in [-0.25, -0.2) is 0 Å². The first-order chi connectivity index (χ1) is 16.2. The maximum atomic E-state index is 5.74. The van der Waals surface area contributed by atoms with Crippen LogP contribution in [0, 0.1) is 6.92 Å². The van der Waals surface area contributed by atoms with Gasteiger partial charge >= 0.3 is 0 Å². The van der Waals surface area contributed by atoms with Crippen molar-refractivity contribution >= 4 is 12.6 Å². The smallest absolute Gasteiger partial charge is 0.247 e. The molecule has 0 radical (unpaired) electrons. The molecule has 6 nitrogen and oxygen atoms in total. The van der Waals surface area contributed by atoms with Crippen LogP contribution < -0.4 is 10.1 Å². The van der Waals surface area contributed by atoms with E-state index in [0.29, 0.717) is 18.4 Å². The zero-order valence-electron chi connectivity index (χ0n) is 19.8. The highest BCUT2D eigenvalue weighted by Gasteiger charge is 2.05. The number of benzene rings is 2. The van der Waals surface area contributed by atoms with Crippen LogP contribution in [0.2, 0.25) is 0 Å². The van der Waals surface area contributed by atoms with Crippen molar-refractivity contribution < 1.29 is 13.9 Å². The van der Waals surface area contributed by atoms with E-state index in [1.54, 1.807) is 6.92 Å². The van der Waals surface area contributed by atoms with Gasteiger partial charge in [-0.3, -0.25) is 0 Å². The van der Waals surface area contributed by atoms with Gasteiger partial charge in [0, 0.05) is 18.2 Å². The van der Waals surface area contributed by atoms with Crippen LogP contribution in [0.25, 0.3) is 11.5 Å². The predicted octanol–water partition coefficient (Wildman–Crippen LogP) is 5.73. The molecule has 0 aliphatic rings. The molecule has 0 saturated heterocycles. The molecule has 1 heterocycles. The van der Waals surface area contributed by atoms with Gasteiger partial charge in [-0.1, -0.05) is 43.7 Å². The zero-order chi connectivity index (χ0) is 23.6. The Balaban J connectivity index is 0.000000294. The average Bonchev–Trinajstić information content (AvgIpc) is 3.29. The van der Waals surface area contributed by atoms with Crippen molar-refractivity contribution in [2.75, 3.05) is 32.1 Å². The van der Waals surface area contributed by atoms with E-state index in [4.69, 9.17) is 13.9 Å². The lowest BCUT2D eigenvalue weighted by Gasteiger charge is -2.07. The summed E-state index contributed by atoms with van der Waals surface area (Å²) in [5.74, 6) is 2.77. The number of hydrogen-bond donors (Lipinski definition) is 2. The molecule has 0 amide bonds. The second-order valence-electron chi connectivity index (χ2n) is 7.57. The topological polar surface area (TPSA) is 69.4 Å². The SMILES string of the molecule is CCCCNCCCCOc1ccc(-c2nnc(C)o2)cc1.SCCOCc1ccccc1. The van der Waals surface area contributed by atoms with Crippen LogP contribution in [0.4, 0.5) is 0 Å². The average molecular weight is 472 g/mol. The van der Waals surface area contributed by atoms with Crippen molar-refractivity contribution in [3.8, 4) is 17.2 Å². The molecule has 0 bridgehead atoms. The minimum absolute atomic E-state index is 0.544. The third-order valence-electron chi connectivity index (χ3n) is 4.70. The fraction of sp³-hybridized carbons (Fsp3) is 0.462. The number of nitrogens with zero attached hydrogens (tertiary/aromatic N) is 2. The van der Waals surface area contributed by atoms with Crippen LogP contribution in [0.3, 0.4) is 0 Å². The lowest BCUT2D eigenvalue weighted by molar-refractivity contribution is 0.136. The van der Waals surface area contributed by atoms with Crippen molar-refractivity contribution in [2.24, 2.45) is 0 Å². The fourth-order valence-corrected chi connectivity index (χ4v) is 3.03. The molecule has 0 aliphatic carbocycles. The monoisotopic (exact) mass is 471 g/mol. The molecule has 0 atom stereocenters. The van der Waals surface area contributed by atoms with E-state index in [9.17, 15) is 0 Å². The van der Waals surface area contributed by atoms with E-state index >= 15 is 0 Å². The summed E-state index contributed by atoms with van der Waals surface area (Å²) < 4.78 is 16.4. The molecule has 1 N–H and O–H groups in total. The van der Waals surface area contributed by atoms with E-state index in [-0.39, 0.29) is 0 Å². The number of nitrogens with one attached hydrogen (secondary N) is 1. The van der Waals surface area contributed by atoms with Crippen LogP contribution in [0.1, 0.15) is 44.1 Å². The van der Waals surface area contributed by atoms with E-state index in [1.807, 2.05) is 42.5 Å². The molecule has 0 unspecified atom stereocenters. The lowest BCUT2D eigenvalue weighted by Crippen LogP contribution is -2.17. The van der Waals surface area contributed by atoms with Gasteiger partial charge in [-0.15, -0.1) is 10.2 Å². The Labute approximate surface area is 203 Å². The quantitative estimate of drug-likeness (QED) is 0.231. The van der Waals surface area contributed by atoms with E-state index in [2.05, 4.69) is 47.2 Å². The Kier molecular flexibility index (Phi) is 14.0. The van der Waals surface area contributed by atoms with Gasteiger partial charge in [0.2, 0.25) is 11.8 Å². The third kappa shape index (κ3) is 11.9. The fourth-order valence-electron chi connectivity index (χ4n) is 2.90. The van der Waals surface area contributed by atoms with Gasteiger partial charge < -0.3 is 19.2 Å². The van der Waals surface area contributed by atoms with Gasteiger partial charge in [-0.05, 0) is 62.2 Å². The van der Waals surface area contributed by atoms with Crippen LogP contribution in [0.5, 0.6) is 5.75 Å². The summed E-state index contributed by atoms with van der Waals surface area (Å²) in [5, 5.41) is 11.3. The number of aromatic nitrogens is 2. The van der Waals surface area contributed by atoms with E-state index in [0.717, 1.165) is 56.2 Å². The Bertz CT molecular complexity index is 857. The maximum Gasteiger partial charge on any atom is 0.247 e. The highest BCUT2D eigenvalue weighted by molar-refractivity contribution is 7.80. The molecule has 33 heavy (non-hydrogen) atoms. The normalized spacial score (nSPS) is 10.5. The molecule has 3 aromatic rings.